The van der Waals surface area contributed by atoms with Crippen molar-refractivity contribution in [2.45, 2.75) is 13.0 Å². The Morgan fingerprint density at radius 2 is 1.81 bits per heavy atom. The highest BCUT2D eigenvalue weighted by Crippen LogP contribution is 2.20. The van der Waals surface area contributed by atoms with Gasteiger partial charge in [0.25, 0.3) is 5.91 Å². The molecule has 21 heavy (non-hydrogen) atoms. The summed E-state index contributed by atoms with van der Waals surface area (Å²) in [6.07, 6.45) is 3.33. The van der Waals surface area contributed by atoms with Gasteiger partial charge in [-0.2, -0.15) is 0 Å². The number of anilines is 1. The molecule has 1 fully saturated rings. The maximum Gasteiger partial charge on any atom is 0.254 e. The number of aromatic nitrogens is 1. The Balaban J connectivity index is 1.70. The van der Waals surface area contributed by atoms with Gasteiger partial charge in [0.15, 0.2) is 0 Å². The second-order valence-corrected chi connectivity index (χ2v) is 5.37. The molecule has 0 saturated carbocycles. The van der Waals surface area contributed by atoms with Crippen LogP contribution >= 0.6 is 0 Å². The lowest BCUT2D eigenvalue weighted by molar-refractivity contribution is 0.0726. The Morgan fingerprint density at radius 3 is 2.48 bits per heavy atom. The summed E-state index contributed by atoms with van der Waals surface area (Å²) < 4.78 is 0. The fourth-order valence-corrected chi connectivity index (χ4v) is 2.82. The Kier molecular flexibility index (Phi) is 3.86. The Bertz CT molecular complexity index is 600. The van der Waals surface area contributed by atoms with Crippen molar-refractivity contribution in [1.29, 1.82) is 0 Å². The van der Waals surface area contributed by atoms with E-state index in [-0.39, 0.29) is 5.91 Å². The smallest absolute Gasteiger partial charge is 0.254 e. The lowest BCUT2D eigenvalue weighted by Gasteiger charge is -2.41. The molecule has 1 amide bonds. The van der Waals surface area contributed by atoms with Crippen molar-refractivity contribution in [1.82, 2.24) is 9.88 Å². The van der Waals surface area contributed by atoms with Crippen LogP contribution in [0.25, 0.3) is 0 Å². The summed E-state index contributed by atoms with van der Waals surface area (Å²) in [5, 5.41) is 0. The molecule has 2 aromatic rings. The zero-order valence-corrected chi connectivity index (χ0v) is 12.1. The first-order valence-corrected chi connectivity index (χ1v) is 7.26. The van der Waals surface area contributed by atoms with Gasteiger partial charge in [0.05, 0.1) is 0 Å². The highest BCUT2D eigenvalue weighted by atomic mass is 16.2. The van der Waals surface area contributed by atoms with Crippen molar-refractivity contribution in [2.75, 3.05) is 24.5 Å². The van der Waals surface area contributed by atoms with Crippen LogP contribution in [0.1, 0.15) is 17.3 Å². The van der Waals surface area contributed by atoms with E-state index in [2.05, 4.69) is 41.1 Å². The fraction of sp³-hybridized carbons (Fsp3) is 0.294. The first-order valence-electron chi connectivity index (χ1n) is 7.26. The van der Waals surface area contributed by atoms with E-state index in [9.17, 15) is 4.79 Å². The van der Waals surface area contributed by atoms with Gasteiger partial charge >= 0.3 is 0 Å². The molecule has 0 spiro atoms. The molecule has 4 heteroatoms. The van der Waals surface area contributed by atoms with Gasteiger partial charge in [-0.1, -0.05) is 18.2 Å². The summed E-state index contributed by atoms with van der Waals surface area (Å²) >= 11 is 0. The van der Waals surface area contributed by atoms with Crippen molar-refractivity contribution in [3.63, 3.8) is 0 Å². The summed E-state index contributed by atoms with van der Waals surface area (Å²) in [6.45, 7) is 4.53. The minimum Gasteiger partial charge on any atom is -0.365 e. The third-order valence-corrected chi connectivity index (χ3v) is 3.93. The van der Waals surface area contributed by atoms with Crippen molar-refractivity contribution in [3.8, 4) is 0 Å². The van der Waals surface area contributed by atoms with E-state index >= 15 is 0 Å². The summed E-state index contributed by atoms with van der Waals surface area (Å²) in [7, 11) is 0. The topological polar surface area (TPSA) is 36.4 Å². The number of carbonyl (C=O) groups is 1. The predicted octanol–water partition coefficient (Wildman–Crippen LogP) is 2.43. The number of piperazine rings is 1. The number of carbonyl (C=O) groups excluding carboxylic acids is 1. The average Bonchev–Trinajstić information content (AvgIpc) is 2.55. The van der Waals surface area contributed by atoms with Crippen LogP contribution in [-0.4, -0.2) is 41.5 Å². The summed E-state index contributed by atoms with van der Waals surface area (Å²) in [5.74, 6) is 0.0944. The van der Waals surface area contributed by atoms with Crippen molar-refractivity contribution in [2.24, 2.45) is 0 Å². The lowest BCUT2D eigenvalue weighted by atomic mass is 10.1. The predicted molar refractivity (Wildman–Crippen MR) is 83.4 cm³/mol. The number of para-hydroxylation sites is 1. The molecule has 4 nitrogen and oxygen atoms in total. The number of hydrogen-bond acceptors (Lipinski definition) is 3. The van der Waals surface area contributed by atoms with Gasteiger partial charge in [0, 0.05) is 49.3 Å². The van der Waals surface area contributed by atoms with E-state index in [1.54, 1.807) is 24.5 Å². The molecule has 1 aliphatic rings. The van der Waals surface area contributed by atoms with Crippen LogP contribution in [0.15, 0.2) is 54.9 Å². The van der Waals surface area contributed by atoms with Crippen LogP contribution in [0.5, 0.6) is 0 Å². The van der Waals surface area contributed by atoms with Crippen LogP contribution in [0.2, 0.25) is 0 Å². The van der Waals surface area contributed by atoms with Gasteiger partial charge in [-0.25, -0.2) is 0 Å². The number of nitrogens with zero attached hydrogens (tertiary/aromatic N) is 3. The molecule has 0 bridgehead atoms. The van der Waals surface area contributed by atoms with Crippen molar-refractivity contribution < 1.29 is 4.79 Å². The molecule has 2 heterocycles. The third-order valence-electron chi connectivity index (χ3n) is 3.93. The average molecular weight is 281 g/mol. The number of pyridine rings is 1. The van der Waals surface area contributed by atoms with E-state index in [1.807, 2.05) is 11.0 Å². The van der Waals surface area contributed by atoms with E-state index in [0.717, 1.165) is 19.6 Å². The van der Waals surface area contributed by atoms with Crippen molar-refractivity contribution in [3.05, 3.63) is 60.4 Å². The highest BCUT2D eigenvalue weighted by molar-refractivity contribution is 5.94. The molecule has 1 saturated heterocycles. The number of benzene rings is 1. The Morgan fingerprint density at radius 1 is 1.10 bits per heavy atom. The molecular formula is C17H19N3O. The molecule has 1 aliphatic heterocycles. The number of hydrogen-bond donors (Lipinski definition) is 0. The van der Waals surface area contributed by atoms with Crippen LogP contribution in [0.4, 0.5) is 5.69 Å². The number of rotatable bonds is 2. The zero-order chi connectivity index (χ0) is 14.7. The minimum absolute atomic E-state index is 0.0944. The molecule has 0 radical (unpaired) electrons. The highest BCUT2D eigenvalue weighted by Gasteiger charge is 2.27. The summed E-state index contributed by atoms with van der Waals surface area (Å²) in [5.41, 5.74) is 1.94. The van der Waals surface area contributed by atoms with Crippen molar-refractivity contribution >= 4 is 11.6 Å². The van der Waals surface area contributed by atoms with Gasteiger partial charge in [-0.05, 0) is 31.2 Å². The Labute approximate surface area is 125 Å². The minimum atomic E-state index is 0.0944. The second kappa shape index (κ2) is 5.95. The van der Waals surface area contributed by atoms with Crippen LogP contribution in [0.3, 0.4) is 0 Å². The first-order chi connectivity index (χ1) is 10.3. The van der Waals surface area contributed by atoms with Crippen LogP contribution in [-0.2, 0) is 0 Å². The van der Waals surface area contributed by atoms with Gasteiger partial charge < -0.3 is 9.80 Å². The fourth-order valence-electron chi connectivity index (χ4n) is 2.82. The third kappa shape index (κ3) is 2.89. The molecule has 1 atom stereocenters. The zero-order valence-electron chi connectivity index (χ0n) is 12.1. The molecule has 0 aliphatic carbocycles. The van der Waals surface area contributed by atoms with E-state index in [1.165, 1.54) is 5.69 Å². The van der Waals surface area contributed by atoms with Crippen LogP contribution < -0.4 is 4.90 Å². The monoisotopic (exact) mass is 281 g/mol. The molecule has 1 unspecified atom stereocenters. The second-order valence-electron chi connectivity index (χ2n) is 5.37. The summed E-state index contributed by atoms with van der Waals surface area (Å²) in [4.78, 5) is 20.7. The molecule has 0 N–H and O–H groups in total. The van der Waals surface area contributed by atoms with E-state index < -0.39 is 0 Å². The molecule has 1 aromatic heterocycles. The SMILES string of the molecule is CC1CN(C(=O)c2ccncc2)CCN1c1ccccc1. The Hall–Kier alpha value is -2.36. The molecule has 3 rings (SSSR count). The molecule has 1 aromatic carbocycles. The largest absolute Gasteiger partial charge is 0.365 e. The van der Waals surface area contributed by atoms with Gasteiger partial charge in [0.1, 0.15) is 0 Å². The van der Waals surface area contributed by atoms with E-state index in [4.69, 9.17) is 0 Å². The quantitative estimate of drug-likeness (QED) is 0.848. The molecular weight excluding hydrogens is 262 g/mol. The maximum atomic E-state index is 12.5. The summed E-state index contributed by atoms with van der Waals surface area (Å²) in [6, 6.07) is 14.2. The van der Waals surface area contributed by atoms with Gasteiger partial charge in [-0.15, -0.1) is 0 Å². The van der Waals surface area contributed by atoms with Gasteiger partial charge in [0.2, 0.25) is 0 Å². The van der Waals surface area contributed by atoms with Crippen LogP contribution in [0, 0.1) is 0 Å². The van der Waals surface area contributed by atoms with E-state index in [0.29, 0.717) is 11.6 Å². The standard InChI is InChI=1S/C17H19N3O/c1-14-13-19(17(21)15-7-9-18-10-8-15)11-12-20(14)16-5-3-2-4-6-16/h2-10,14H,11-13H2,1H3. The molecule has 108 valence electrons. The van der Waals surface area contributed by atoms with Gasteiger partial charge in [-0.3, -0.25) is 9.78 Å². The normalized spacial score (nSPS) is 18.6. The maximum absolute atomic E-state index is 12.5. The first kappa shape index (κ1) is 13.6. The lowest BCUT2D eigenvalue weighted by Crippen LogP contribution is -2.53. The number of amides is 1.